The van der Waals surface area contributed by atoms with Crippen molar-refractivity contribution >= 4 is 5.78 Å². The number of hydrogen-bond acceptors (Lipinski definition) is 1. The average molecular weight is 365 g/mol. The Morgan fingerprint density at radius 3 is 1.16 bits per heavy atom. The molecule has 3 nitrogen and oxygen atoms in total. The number of hydrogen-bond donors (Lipinski definition) is 0. The molecule has 0 bridgehead atoms. The molecule has 0 aliphatic rings. The second kappa shape index (κ2) is 12.9. The summed E-state index contributed by atoms with van der Waals surface area (Å²) < 4.78 is 1.94. The van der Waals surface area contributed by atoms with Gasteiger partial charge in [-0.1, -0.05) is 63.8 Å². The zero-order chi connectivity index (χ0) is 18.4. The number of carbonyl (C=O) groups excluding carboxylic acids is 1. The monoisotopic (exact) mass is 364 g/mol. The number of rotatable bonds is 5. The van der Waals surface area contributed by atoms with Crippen molar-refractivity contribution in [2.75, 3.05) is 55.4 Å². The van der Waals surface area contributed by atoms with Crippen molar-refractivity contribution in [1.82, 2.24) is 0 Å². The molecule has 0 heterocycles. The third-order valence-corrected chi connectivity index (χ3v) is 3.38. The quantitative estimate of drug-likeness (QED) is 0.569. The Morgan fingerprint density at radius 1 is 0.680 bits per heavy atom. The standard InChI is InChI=1S/C10H22NO.C9H22N.3CH4/c1-10(2,3)9(12)7-8-11(4,5)6;1-9(2,3)7-8-10(4,5)6;;;/h7-8H2,1-6H3;7-8H2,1-6H3;3*1H4/q2*+1;;;. The summed E-state index contributed by atoms with van der Waals surface area (Å²) in [7, 11) is 13.0. The van der Waals surface area contributed by atoms with E-state index in [2.05, 4.69) is 63.1 Å². The minimum Gasteiger partial charge on any atom is -0.331 e. The summed E-state index contributed by atoms with van der Waals surface area (Å²) in [6.45, 7) is 15.0. The van der Waals surface area contributed by atoms with Gasteiger partial charge >= 0.3 is 0 Å². The highest BCUT2D eigenvalue weighted by molar-refractivity contribution is 5.83. The highest BCUT2D eigenvalue weighted by Crippen LogP contribution is 2.19. The van der Waals surface area contributed by atoms with E-state index in [1.807, 2.05) is 20.8 Å². The van der Waals surface area contributed by atoms with Gasteiger partial charge in [0.1, 0.15) is 5.78 Å². The van der Waals surface area contributed by atoms with Crippen LogP contribution < -0.4 is 0 Å². The number of carbonyl (C=O) groups is 1. The molecule has 0 N–H and O–H groups in total. The van der Waals surface area contributed by atoms with E-state index >= 15 is 0 Å². The topological polar surface area (TPSA) is 17.1 Å². The van der Waals surface area contributed by atoms with Crippen LogP contribution >= 0.6 is 0 Å². The summed E-state index contributed by atoms with van der Waals surface area (Å²) in [6.07, 6.45) is 1.99. The lowest BCUT2D eigenvalue weighted by molar-refractivity contribution is -0.871. The molecule has 0 aromatic carbocycles. The fourth-order valence-electron chi connectivity index (χ4n) is 1.48. The Kier molecular flexibility index (Phi) is 18.3. The van der Waals surface area contributed by atoms with Gasteiger partial charge in [0, 0.05) is 11.8 Å². The average Bonchev–Trinajstić information content (AvgIpc) is 2.20. The normalized spacial score (nSPS) is 11.8. The van der Waals surface area contributed by atoms with Crippen molar-refractivity contribution < 1.29 is 13.8 Å². The minimum atomic E-state index is -0.171. The summed E-state index contributed by atoms with van der Waals surface area (Å²) in [4.78, 5) is 11.5. The molecule has 0 aliphatic heterocycles. The van der Waals surface area contributed by atoms with Crippen molar-refractivity contribution in [2.45, 2.75) is 76.7 Å². The third kappa shape index (κ3) is 31.8. The maximum absolute atomic E-state index is 11.5. The molecule has 0 rings (SSSR count). The van der Waals surface area contributed by atoms with Gasteiger partial charge in [-0.15, -0.1) is 0 Å². The SMILES string of the molecule is C.C.C.CC(C)(C)C(=O)CC[N+](C)(C)C.CC(C)(C)CC[N+](C)(C)C. The first-order valence-corrected chi connectivity index (χ1v) is 8.48. The largest absolute Gasteiger partial charge is 0.331 e. The van der Waals surface area contributed by atoms with Gasteiger partial charge in [0.25, 0.3) is 0 Å². The molecule has 0 aliphatic carbocycles. The van der Waals surface area contributed by atoms with Crippen LogP contribution in [0.15, 0.2) is 0 Å². The summed E-state index contributed by atoms with van der Waals surface area (Å²) in [5, 5.41) is 0. The predicted octanol–water partition coefficient (Wildman–Crippen LogP) is 5.74. The van der Waals surface area contributed by atoms with E-state index in [-0.39, 0.29) is 27.7 Å². The first kappa shape index (κ1) is 35.7. The Bertz CT molecular complexity index is 306. The highest BCUT2D eigenvalue weighted by atomic mass is 16.1. The zero-order valence-corrected chi connectivity index (χ0v) is 17.6. The summed E-state index contributed by atoms with van der Waals surface area (Å²) >= 11 is 0. The van der Waals surface area contributed by atoms with Crippen LogP contribution in [0.5, 0.6) is 0 Å². The minimum absolute atomic E-state index is 0. The van der Waals surface area contributed by atoms with Gasteiger partial charge in [-0.3, -0.25) is 4.79 Å². The lowest BCUT2D eigenvalue weighted by atomic mass is 9.89. The van der Waals surface area contributed by atoms with E-state index in [1.54, 1.807) is 0 Å². The van der Waals surface area contributed by atoms with Gasteiger partial charge in [0.05, 0.1) is 61.8 Å². The van der Waals surface area contributed by atoms with Crippen LogP contribution in [-0.2, 0) is 4.79 Å². The van der Waals surface area contributed by atoms with E-state index in [9.17, 15) is 4.79 Å². The number of ketones is 1. The van der Waals surface area contributed by atoms with Gasteiger partial charge in [-0.2, -0.15) is 0 Å². The lowest BCUT2D eigenvalue weighted by Gasteiger charge is -2.28. The molecule has 0 saturated heterocycles. The van der Waals surface area contributed by atoms with Crippen LogP contribution in [0.1, 0.15) is 76.7 Å². The Balaban J connectivity index is -0.0000000964. The molecular weight excluding hydrogens is 308 g/mol. The van der Waals surface area contributed by atoms with Crippen molar-refractivity contribution in [1.29, 1.82) is 0 Å². The number of Topliss-reactive ketones (excluding diaryl/α,β-unsaturated/α-hetero) is 1. The Morgan fingerprint density at radius 2 is 1.00 bits per heavy atom. The van der Waals surface area contributed by atoms with Gasteiger partial charge < -0.3 is 8.97 Å². The molecule has 0 aromatic rings. The fourth-order valence-corrected chi connectivity index (χ4v) is 1.48. The maximum atomic E-state index is 11.5. The summed E-state index contributed by atoms with van der Waals surface area (Å²) in [6, 6.07) is 0. The van der Waals surface area contributed by atoms with E-state index < -0.39 is 0 Å². The molecule has 0 radical (unpaired) electrons. The molecule has 0 saturated carbocycles. The maximum Gasteiger partial charge on any atom is 0.143 e. The first-order chi connectivity index (χ1) is 9.33. The molecule has 0 atom stereocenters. The van der Waals surface area contributed by atoms with Crippen molar-refractivity contribution in [3.8, 4) is 0 Å². The van der Waals surface area contributed by atoms with Gasteiger partial charge in [0.15, 0.2) is 0 Å². The van der Waals surface area contributed by atoms with Crippen LogP contribution in [0.4, 0.5) is 0 Å². The molecular formula is C22H56N2O+2. The Hall–Kier alpha value is -0.410. The van der Waals surface area contributed by atoms with Crippen molar-refractivity contribution in [3.63, 3.8) is 0 Å². The molecule has 0 amide bonds. The number of nitrogens with zero attached hydrogens (tertiary/aromatic N) is 2. The summed E-state index contributed by atoms with van der Waals surface area (Å²) in [5.74, 6) is 0.357. The Labute approximate surface area is 163 Å². The van der Waals surface area contributed by atoms with Crippen LogP contribution in [0.3, 0.4) is 0 Å². The fraction of sp³-hybridized carbons (Fsp3) is 0.955. The van der Waals surface area contributed by atoms with Crippen LogP contribution in [0.2, 0.25) is 0 Å². The molecule has 0 unspecified atom stereocenters. The van der Waals surface area contributed by atoms with Crippen LogP contribution in [0, 0.1) is 10.8 Å². The number of quaternary nitrogens is 2. The van der Waals surface area contributed by atoms with Crippen molar-refractivity contribution in [2.24, 2.45) is 10.8 Å². The van der Waals surface area contributed by atoms with Crippen LogP contribution in [0.25, 0.3) is 0 Å². The predicted molar refractivity (Wildman–Crippen MR) is 119 cm³/mol. The van der Waals surface area contributed by atoms with E-state index in [0.717, 1.165) is 15.5 Å². The van der Waals surface area contributed by atoms with Gasteiger partial charge in [-0.25, -0.2) is 0 Å². The second-order valence-corrected chi connectivity index (χ2v) is 10.8. The smallest absolute Gasteiger partial charge is 0.143 e. The summed E-state index contributed by atoms with van der Waals surface area (Å²) in [5.41, 5.74) is 0.320. The van der Waals surface area contributed by atoms with Crippen molar-refractivity contribution in [3.05, 3.63) is 0 Å². The first-order valence-electron chi connectivity index (χ1n) is 8.48. The van der Waals surface area contributed by atoms with E-state index in [0.29, 0.717) is 17.6 Å². The molecule has 25 heavy (non-hydrogen) atoms. The molecule has 3 heteroatoms. The van der Waals surface area contributed by atoms with Crippen LogP contribution in [-0.4, -0.2) is 70.1 Å². The highest BCUT2D eigenvalue weighted by Gasteiger charge is 2.22. The molecule has 0 aromatic heterocycles. The van der Waals surface area contributed by atoms with Gasteiger partial charge in [-0.05, 0) is 5.41 Å². The zero-order valence-electron chi connectivity index (χ0n) is 17.6. The molecule has 0 fully saturated rings. The lowest BCUT2D eigenvalue weighted by Crippen LogP contribution is -2.37. The molecule has 0 spiro atoms. The second-order valence-electron chi connectivity index (χ2n) is 10.8. The van der Waals surface area contributed by atoms with Gasteiger partial charge in [0.2, 0.25) is 0 Å². The van der Waals surface area contributed by atoms with E-state index in [4.69, 9.17) is 0 Å². The van der Waals surface area contributed by atoms with E-state index in [1.165, 1.54) is 13.0 Å². The third-order valence-electron chi connectivity index (χ3n) is 3.38. The molecule has 158 valence electrons.